The quantitative estimate of drug-likeness (QED) is 0.842. The van der Waals surface area contributed by atoms with Crippen LogP contribution in [0.3, 0.4) is 0 Å². The van der Waals surface area contributed by atoms with E-state index in [9.17, 15) is 4.79 Å². The van der Waals surface area contributed by atoms with Crippen molar-refractivity contribution in [1.82, 2.24) is 4.57 Å². The Morgan fingerprint density at radius 3 is 2.70 bits per heavy atom. The summed E-state index contributed by atoms with van der Waals surface area (Å²) in [5, 5.41) is 2.06. The van der Waals surface area contributed by atoms with Gasteiger partial charge in [0.2, 0.25) is 0 Å². The first-order valence-electron chi connectivity index (χ1n) is 7.00. The smallest absolute Gasteiger partial charge is 0.258 e. The molecule has 4 rings (SSSR count). The van der Waals surface area contributed by atoms with Crippen LogP contribution in [0.2, 0.25) is 5.02 Å². The lowest BCUT2D eigenvalue weighted by molar-refractivity contribution is 0.170. The van der Waals surface area contributed by atoms with Crippen LogP contribution in [-0.4, -0.2) is 11.7 Å². The van der Waals surface area contributed by atoms with Gasteiger partial charge in [0.05, 0.1) is 18.7 Å². The number of pyridine rings is 1. The van der Waals surface area contributed by atoms with Crippen LogP contribution in [0.5, 0.6) is 5.75 Å². The molecule has 0 unspecified atom stereocenters. The summed E-state index contributed by atoms with van der Waals surface area (Å²) in [6.45, 7) is 0. The minimum atomic E-state index is 0.0452. The van der Waals surface area contributed by atoms with E-state index >= 15 is 0 Å². The van der Waals surface area contributed by atoms with Crippen molar-refractivity contribution in [2.24, 2.45) is 5.41 Å². The van der Waals surface area contributed by atoms with Crippen molar-refractivity contribution in [1.29, 1.82) is 0 Å². The molecule has 0 radical (unpaired) electrons. The fraction of sp³-hybridized carbons (Fsp3) is 0.438. The average molecular weight is 290 g/mol. The first kappa shape index (κ1) is 12.3. The van der Waals surface area contributed by atoms with Crippen LogP contribution in [0.4, 0.5) is 0 Å². The van der Waals surface area contributed by atoms with E-state index in [1.165, 1.54) is 12.8 Å². The van der Waals surface area contributed by atoms with Crippen LogP contribution in [0.1, 0.15) is 31.7 Å². The highest BCUT2D eigenvalue weighted by Gasteiger charge is 2.53. The minimum absolute atomic E-state index is 0.0452. The molecule has 2 fully saturated rings. The van der Waals surface area contributed by atoms with E-state index in [0.717, 1.165) is 24.0 Å². The van der Waals surface area contributed by atoms with Gasteiger partial charge in [-0.15, -0.1) is 0 Å². The third-order valence-electron chi connectivity index (χ3n) is 4.88. The topological polar surface area (TPSA) is 31.2 Å². The summed E-state index contributed by atoms with van der Waals surface area (Å²) in [5.41, 5.74) is 0.615. The highest BCUT2D eigenvalue weighted by atomic mass is 35.5. The van der Waals surface area contributed by atoms with Gasteiger partial charge in [-0.2, -0.15) is 0 Å². The monoisotopic (exact) mass is 289 g/mol. The lowest BCUT2D eigenvalue weighted by Crippen LogP contribution is -2.34. The van der Waals surface area contributed by atoms with E-state index < -0.39 is 0 Å². The van der Waals surface area contributed by atoms with Crippen molar-refractivity contribution in [2.75, 3.05) is 7.11 Å². The van der Waals surface area contributed by atoms with E-state index in [4.69, 9.17) is 16.3 Å². The van der Waals surface area contributed by atoms with Crippen LogP contribution >= 0.6 is 11.6 Å². The standard InChI is InChI=1S/C16H16ClNO2/c1-20-14-9-18(11-7-16(8-11)4-5-16)15(19)13-6-10(17)2-3-12(13)14/h2-3,6,9,11H,4-5,7-8H2,1H3. The summed E-state index contributed by atoms with van der Waals surface area (Å²) < 4.78 is 7.29. The second-order valence-corrected chi connectivity index (χ2v) is 6.60. The van der Waals surface area contributed by atoms with Crippen molar-refractivity contribution in [2.45, 2.75) is 31.7 Å². The maximum atomic E-state index is 12.7. The number of nitrogens with zero attached hydrogens (tertiary/aromatic N) is 1. The Bertz CT molecular complexity index is 753. The molecule has 4 heteroatoms. The van der Waals surface area contributed by atoms with Gasteiger partial charge in [0.1, 0.15) is 5.75 Å². The molecule has 2 saturated carbocycles. The van der Waals surface area contributed by atoms with Crippen LogP contribution in [0.15, 0.2) is 29.2 Å². The van der Waals surface area contributed by atoms with Gasteiger partial charge in [0.15, 0.2) is 0 Å². The molecule has 0 aliphatic heterocycles. The number of hydrogen-bond acceptors (Lipinski definition) is 2. The summed E-state index contributed by atoms with van der Waals surface area (Å²) >= 11 is 6.03. The lowest BCUT2D eigenvalue weighted by atomic mass is 9.76. The van der Waals surface area contributed by atoms with Crippen LogP contribution in [0, 0.1) is 5.41 Å². The second-order valence-electron chi connectivity index (χ2n) is 6.16. The Hall–Kier alpha value is -1.48. The summed E-state index contributed by atoms with van der Waals surface area (Å²) in [6, 6.07) is 5.70. The minimum Gasteiger partial charge on any atom is -0.495 e. The molecule has 2 aliphatic rings. The molecule has 2 aliphatic carbocycles. The molecule has 104 valence electrons. The third kappa shape index (κ3) is 1.69. The molecule has 1 heterocycles. The molecule has 1 spiro atoms. The first-order valence-corrected chi connectivity index (χ1v) is 7.38. The number of aromatic nitrogens is 1. The summed E-state index contributed by atoms with van der Waals surface area (Å²) in [7, 11) is 1.64. The molecule has 0 saturated heterocycles. The van der Waals surface area contributed by atoms with Gasteiger partial charge in [-0.05, 0) is 49.3 Å². The van der Waals surface area contributed by atoms with E-state index in [1.807, 2.05) is 16.8 Å². The maximum Gasteiger partial charge on any atom is 0.258 e. The largest absolute Gasteiger partial charge is 0.495 e. The van der Waals surface area contributed by atoms with Crippen LogP contribution < -0.4 is 10.3 Å². The third-order valence-corrected chi connectivity index (χ3v) is 5.11. The van der Waals surface area contributed by atoms with E-state index in [0.29, 0.717) is 21.9 Å². The molecule has 1 aromatic heterocycles. The fourth-order valence-corrected chi connectivity index (χ4v) is 3.63. The molecular formula is C16H16ClNO2. The molecule has 0 amide bonds. The Morgan fingerprint density at radius 1 is 1.30 bits per heavy atom. The maximum absolute atomic E-state index is 12.7. The van der Waals surface area contributed by atoms with Crippen molar-refractivity contribution < 1.29 is 4.74 Å². The van der Waals surface area contributed by atoms with Crippen LogP contribution in [-0.2, 0) is 0 Å². The Kier molecular flexibility index (Phi) is 2.46. The van der Waals surface area contributed by atoms with E-state index in [2.05, 4.69) is 0 Å². The highest BCUT2D eigenvalue weighted by molar-refractivity contribution is 6.31. The van der Waals surface area contributed by atoms with Crippen LogP contribution in [0.25, 0.3) is 10.8 Å². The molecule has 2 aromatic rings. The zero-order chi connectivity index (χ0) is 13.9. The van der Waals surface area contributed by atoms with Crippen molar-refractivity contribution in [3.63, 3.8) is 0 Å². The summed E-state index contributed by atoms with van der Waals surface area (Å²) in [6.07, 6.45) is 6.77. The van der Waals surface area contributed by atoms with E-state index in [1.54, 1.807) is 19.2 Å². The number of rotatable bonds is 2. The predicted octanol–water partition coefficient (Wildman–Crippen LogP) is 3.78. The van der Waals surface area contributed by atoms with Gasteiger partial charge in [0, 0.05) is 16.5 Å². The number of ether oxygens (including phenoxy) is 1. The summed E-state index contributed by atoms with van der Waals surface area (Å²) in [4.78, 5) is 12.7. The number of halogens is 1. The SMILES string of the molecule is COc1cn(C2CC3(CC3)C2)c(=O)c2cc(Cl)ccc12. The van der Waals surface area contributed by atoms with Gasteiger partial charge < -0.3 is 9.30 Å². The Labute approximate surface area is 122 Å². The van der Waals surface area contributed by atoms with Crippen molar-refractivity contribution >= 4 is 22.4 Å². The summed E-state index contributed by atoms with van der Waals surface area (Å²) in [5.74, 6) is 0.744. The number of benzene rings is 1. The van der Waals surface area contributed by atoms with Gasteiger partial charge in [-0.25, -0.2) is 0 Å². The Balaban J connectivity index is 1.88. The van der Waals surface area contributed by atoms with Crippen molar-refractivity contribution in [3.05, 3.63) is 39.8 Å². The lowest BCUT2D eigenvalue weighted by Gasteiger charge is -2.37. The number of fused-ring (bicyclic) bond motifs is 1. The molecule has 0 bridgehead atoms. The predicted molar refractivity (Wildman–Crippen MR) is 79.7 cm³/mol. The molecule has 3 nitrogen and oxygen atoms in total. The Morgan fingerprint density at radius 2 is 2.05 bits per heavy atom. The normalized spacial score (nSPS) is 20.1. The first-order chi connectivity index (χ1) is 9.62. The molecule has 0 atom stereocenters. The molecular weight excluding hydrogens is 274 g/mol. The van der Waals surface area contributed by atoms with Gasteiger partial charge >= 0.3 is 0 Å². The zero-order valence-corrected chi connectivity index (χ0v) is 12.1. The zero-order valence-electron chi connectivity index (χ0n) is 11.4. The van der Waals surface area contributed by atoms with Gasteiger partial charge in [-0.1, -0.05) is 11.6 Å². The molecule has 1 aromatic carbocycles. The second kappa shape index (κ2) is 4.01. The van der Waals surface area contributed by atoms with E-state index in [-0.39, 0.29) is 5.56 Å². The molecule has 20 heavy (non-hydrogen) atoms. The fourth-order valence-electron chi connectivity index (χ4n) is 3.46. The number of methoxy groups -OCH3 is 1. The molecule has 0 N–H and O–H groups in total. The van der Waals surface area contributed by atoms with Crippen molar-refractivity contribution in [3.8, 4) is 5.75 Å². The van der Waals surface area contributed by atoms with Gasteiger partial charge in [0.25, 0.3) is 5.56 Å². The number of hydrogen-bond donors (Lipinski definition) is 0. The average Bonchev–Trinajstić information content (AvgIpc) is 3.19. The van der Waals surface area contributed by atoms with Gasteiger partial charge in [-0.3, -0.25) is 4.79 Å². The highest BCUT2D eigenvalue weighted by Crippen LogP contribution is 2.64.